The number of ether oxygens (including phenoxy) is 2. The Bertz CT molecular complexity index is 411. The summed E-state index contributed by atoms with van der Waals surface area (Å²) in [4.78, 5) is 0. The summed E-state index contributed by atoms with van der Waals surface area (Å²) in [6, 6.07) is 0. The Balaban J connectivity index is 3.59. The van der Waals surface area contributed by atoms with E-state index in [0.717, 1.165) is 49.7 Å². The van der Waals surface area contributed by atoms with E-state index in [4.69, 9.17) is 9.47 Å². The lowest BCUT2D eigenvalue weighted by molar-refractivity contribution is -0.0561. The quantitative estimate of drug-likeness (QED) is 0.104. The topological polar surface area (TPSA) is 38.7 Å². The molecule has 0 aromatic carbocycles. The highest BCUT2D eigenvalue weighted by molar-refractivity contribution is 4.68. The normalized spacial score (nSPS) is 17.3. The van der Waals surface area contributed by atoms with E-state index in [0.29, 0.717) is 12.7 Å². The number of hydrogen-bond acceptors (Lipinski definition) is 3. The molecule has 0 aromatic heterocycles. The Morgan fingerprint density at radius 2 is 0.912 bits per heavy atom. The zero-order chi connectivity index (χ0) is 25.6. The Morgan fingerprint density at radius 3 is 1.41 bits per heavy atom. The second-order valence-corrected chi connectivity index (χ2v) is 12.1. The summed E-state index contributed by atoms with van der Waals surface area (Å²) < 4.78 is 11.3. The zero-order valence-electron chi connectivity index (χ0n) is 24.5. The molecule has 0 fully saturated rings. The first-order valence-corrected chi connectivity index (χ1v) is 15.1. The van der Waals surface area contributed by atoms with Crippen LogP contribution in [0.1, 0.15) is 145 Å². The molecule has 0 rings (SSSR count). The van der Waals surface area contributed by atoms with Crippen LogP contribution in [0.15, 0.2) is 0 Å². The fourth-order valence-electron chi connectivity index (χ4n) is 5.88. The molecule has 0 aliphatic carbocycles. The molecule has 1 N–H and O–H groups in total. The Hall–Kier alpha value is -0.120. The first-order valence-electron chi connectivity index (χ1n) is 15.1. The van der Waals surface area contributed by atoms with Crippen molar-refractivity contribution >= 4 is 0 Å². The molecular weight excluding hydrogens is 420 g/mol. The first kappa shape index (κ1) is 33.9. The van der Waals surface area contributed by atoms with E-state index in [-0.39, 0.29) is 6.10 Å². The van der Waals surface area contributed by atoms with Crippen molar-refractivity contribution < 1.29 is 14.6 Å². The molecule has 3 heteroatoms. The standard InChI is InChI=1S/C31H64O3/c1-8-9-10-11-12-13-14-15-18-33-25-34-19-16-17-26(2)20-27(3)21-28(4)22-29(5)23-30(6)24-31(7)32/h26-32H,8-25H2,1-7H3. The van der Waals surface area contributed by atoms with E-state index >= 15 is 0 Å². The lowest BCUT2D eigenvalue weighted by atomic mass is 9.82. The summed E-state index contributed by atoms with van der Waals surface area (Å²) >= 11 is 0. The van der Waals surface area contributed by atoms with Gasteiger partial charge in [-0.1, -0.05) is 86.5 Å². The third-order valence-corrected chi connectivity index (χ3v) is 7.26. The monoisotopic (exact) mass is 484 g/mol. The maximum atomic E-state index is 9.58. The minimum Gasteiger partial charge on any atom is -0.393 e. The molecule has 34 heavy (non-hydrogen) atoms. The van der Waals surface area contributed by atoms with E-state index < -0.39 is 0 Å². The summed E-state index contributed by atoms with van der Waals surface area (Å²) in [5.41, 5.74) is 0. The van der Waals surface area contributed by atoms with Crippen LogP contribution >= 0.6 is 0 Å². The summed E-state index contributed by atoms with van der Waals surface area (Å²) in [6.45, 7) is 18.3. The summed E-state index contributed by atoms with van der Waals surface area (Å²) in [5.74, 6) is 3.73. The van der Waals surface area contributed by atoms with Crippen LogP contribution in [0, 0.1) is 29.6 Å². The van der Waals surface area contributed by atoms with Gasteiger partial charge in [-0.05, 0) is 87.9 Å². The fourth-order valence-corrected chi connectivity index (χ4v) is 5.88. The van der Waals surface area contributed by atoms with Gasteiger partial charge in [0.05, 0.1) is 6.10 Å². The lowest BCUT2D eigenvalue weighted by Crippen LogP contribution is -2.14. The van der Waals surface area contributed by atoms with Gasteiger partial charge in [0.15, 0.2) is 0 Å². The van der Waals surface area contributed by atoms with Gasteiger partial charge in [-0.15, -0.1) is 0 Å². The van der Waals surface area contributed by atoms with E-state index in [1.165, 1.54) is 83.5 Å². The van der Waals surface area contributed by atoms with Gasteiger partial charge in [-0.25, -0.2) is 0 Å². The predicted molar refractivity (Wildman–Crippen MR) is 149 cm³/mol. The van der Waals surface area contributed by atoms with Crippen LogP contribution in [0.2, 0.25) is 0 Å². The van der Waals surface area contributed by atoms with Gasteiger partial charge < -0.3 is 14.6 Å². The van der Waals surface area contributed by atoms with Crippen LogP contribution in [0.4, 0.5) is 0 Å². The highest BCUT2D eigenvalue weighted by atomic mass is 16.7. The summed E-state index contributed by atoms with van der Waals surface area (Å²) in [6.07, 6.45) is 19.1. The molecule has 6 unspecified atom stereocenters. The minimum atomic E-state index is -0.168. The number of hydrogen-bond donors (Lipinski definition) is 1. The van der Waals surface area contributed by atoms with Crippen molar-refractivity contribution in [2.75, 3.05) is 20.0 Å². The predicted octanol–water partition coefficient (Wildman–Crippen LogP) is 9.41. The Labute approximate surface area is 215 Å². The number of aliphatic hydroxyl groups is 1. The largest absolute Gasteiger partial charge is 0.393 e. The maximum absolute atomic E-state index is 9.58. The number of rotatable bonds is 25. The molecule has 0 bridgehead atoms. The SMILES string of the molecule is CCCCCCCCCCOCOCCCC(C)CC(C)CC(C)CC(C)CC(C)CC(C)O. The van der Waals surface area contributed by atoms with Crippen LogP contribution in [0.3, 0.4) is 0 Å². The number of unbranched alkanes of at least 4 members (excludes halogenated alkanes) is 7. The van der Waals surface area contributed by atoms with Crippen LogP contribution in [0.5, 0.6) is 0 Å². The smallest absolute Gasteiger partial charge is 0.146 e. The molecular formula is C31H64O3. The van der Waals surface area contributed by atoms with E-state index in [1.807, 2.05) is 6.92 Å². The maximum Gasteiger partial charge on any atom is 0.146 e. The number of aliphatic hydroxyl groups excluding tert-OH is 1. The van der Waals surface area contributed by atoms with Crippen LogP contribution in [-0.4, -0.2) is 31.2 Å². The highest BCUT2D eigenvalue weighted by Crippen LogP contribution is 2.28. The van der Waals surface area contributed by atoms with E-state index in [1.54, 1.807) is 0 Å². The molecule has 0 radical (unpaired) electrons. The Kier molecular flexibility index (Phi) is 23.2. The van der Waals surface area contributed by atoms with Crippen molar-refractivity contribution in [3.63, 3.8) is 0 Å². The van der Waals surface area contributed by atoms with Crippen molar-refractivity contribution in [3.05, 3.63) is 0 Å². The van der Waals surface area contributed by atoms with Crippen molar-refractivity contribution in [1.82, 2.24) is 0 Å². The van der Waals surface area contributed by atoms with Gasteiger partial charge in [0.2, 0.25) is 0 Å². The highest BCUT2D eigenvalue weighted by Gasteiger charge is 2.17. The molecule has 0 aliphatic heterocycles. The minimum absolute atomic E-state index is 0.168. The molecule has 0 amide bonds. The van der Waals surface area contributed by atoms with Gasteiger partial charge in [0, 0.05) is 13.2 Å². The molecule has 0 saturated carbocycles. The third-order valence-electron chi connectivity index (χ3n) is 7.26. The van der Waals surface area contributed by atoms with Gasteiger partial charge in [0.1, 0.15) is 6.79 Å². The van der Waals surface area contributed by atoms with E-state index in [2.05, 4.69) is 41.5 Å². The van der Waals surface area contributed by atoms with Crippen molar-refractivity contribution in [2.24, 2.45) is 29.6 Å². The van der Waals surface area contributed by atoms with E-state index in [9.17, 15) is 5.11 Å². The van der Waals surface area contributed by atoms with Gasteiger partial charge in [-0.3, -0.25) is 0 Å². The van der Waals surface area contributed by atoms with Crippen LogP contribution in [-0.2, 0) is 9.47 Å². The molecule has 0 aliphatic rings. The second kappa shape index (κ2) is 23.3. The third kappa shape index (κ3) is 23.6. The summed E-state index contributed by atoms with van der Waals surface area (Å²) in [5, 5.41) is 9.58. The van der Waals surface area contributed by atoms with Gasteiger partial charge in [-0.2, -0.15) is 0 Å². The molecule has 6 atom stereocenters. The molecule has 0 aromatic rings. The van der Waals surface area contributed by atoms with Crippen LogP contribution < -0.4 is 0 Å². The summed E-state index contributed by atoms with van der Waals surface area (Å²) in [7, 11) is 0. The van der Waals surface area contributed by atoms with Crippen LogP contribution in [0.25, 0.3) is 0 Å². The van der Waals surface area contributed by atoms with Crippen molar-refractivity contribution in [3.8, 4) is 0 Å². The molecule has 0 heterocycles. The van der Waals surface area contributed by atoms with Gasteiger partial charge >= 0.3 is 0 Å². The molecule has 3 nitrogen and oxygen atoms in total. The van der Waals surface area contributed by atoms with Crippen molar-refractivity contribution in [2.45, 2.75) is 151 Å². The molecule has 206 valence electrons. The molecule has 0 spiro atoms. The fraction of sp³-hybridized carbons (Fsp3) is 1.00. The van der Waals surface area contributed by atoms with Gasteiger partial charge in [0.25, 0.3) is 0 Å². The van der Waals surface area contributed by atoms with Crippen molar-refractivity contribution in [1.29, 1.82) is 0 Å². The average Bonchev–Trinajstić information content (AvgIpc) is 2.72. The average molecular weight is 485 g/mol. The lowest BCUT2D eigenvalue weighted by Gasteiger charge is -2.24. The first-order chi connectivity index (χ1) is 16.2. The Morgan fingerprint density at radius 1 is 0.500 bits per heavy atom. The zero-order valence-corrected chi connectivity index (χ0v) is 24.5. The second-order valence-electron chi connectivity index (χ2n) is 12.1. The molecule has 0 saturated heterocycles.